The number of nitriles is 1. The van der Waals surface area contributed by atoms with Crippen molar-refractivity contribution in [3.05, 3.63) is 71.4 Å². The molecule has 1 amide bonds. The molecule has 0 spiro atoms. The summed E-state index contributed by atoms with van der Waals surface area (Å²) in [5.74, 6) is -0.388. The molecule has 0 aliphatic rings. The van der Waals surface area contributed by atoms with Gasteiger partial charge >= 0.3 is 0 Å². The quantitative estimate of drug-likeness (QED) is 0.434. The molecular formula is C19H19N3O2. The average molecular weight is 321 g/mol. The summed E-state index contributed by atoms with van der Waals surface area (Å²) in [6, 6.07) is 16.7. The maximum Gasteiger partial charge on any atom is 0.263 e. The fraction of sp³-hybridized carbons (Fsp3) is 0.158. The first kappa shape index (κ1) is 17.1. The molecule has 0 atom stereocenters. The Bertz CT molecular complexity index is 777. The van der Waals surface area contributed by atoms with Gasteiger partial charge in [0.25, 0.3) is 5.91 Å². The number of hydrogen-bond donors (Lipinski definition) is 3. The molecule has 0 aliphatic heterocycles. The number of amides is 1. The molecule has 0 saturated carbocycles. The minimum absolute atomic E-state index is 0.0527. The minimum Gasteiger partial charge on any atom is -0.506 e. The van der Waals surface area contributed by atoms with Crippen LogP contribution in [-0.2, 0) is 11.2 Å². The zero-order valence-corrected chi connectivity index (χ0v) is 13.4. The van der Waals surface area contributed by atoms with E-state index in [4.69, 9.17) is 5.26 Å². The number of rotatable bonds is 6. The third-order valence-corrected chi connectivity index (χ3v) is 3.43. The Morgan fingerprint density at radius 3 is 2.67 bits per heavy atom. The molecule has 2 aromatic carbocycles. The lowest BCUT2D eigenvalue weighted by molar-refractivity contribution is -0.117. The minimum atomic E-state index is -0.451. The highest BCUT2D eigenvalue weighted by molar-refractivity contribution is 5.97. The van der Waals surface area contributed by atoms with E-state index in [0.29, 0.717) is 18.7 Å². The Kier molecular flexibility index (Phi) is 5.98. The molecule has 0 heterocycles. The molecule has 2 rings (SSSR count). The van der Waals surface area contributed by atoms with Crippen molar-refractivity contribution in [3.63, 3.8) is 0 Å². The van der Waals surface area contributed by atoms with E-state index in [1.807, 2.05) is 49.4 Å². The Hall–Kier alpha value is -3.26. The van der Waals surface area contributed by atoms with E-state index < -0.39 is 5.91 Å². The number of anilines is 1. The van der Waals surface area contributed by atoms with Crippen molar-refractivity contribution in [2.75, 3.05) is 11.9 Å². The van der Waals surface area contributed by atoms with Gasteiger partial charge in [-0.05, 0) is 36.6 Å². The van der Waals surface area contributed by atoms with Gasteiger partial charge in [0.1, 0.15) is 17.4 Å². The molecule has 5 heteroatoms. The summed E-state index contributed by atoms with van der Waals surface area (Å²) >= 11 is 0. The first-order valence-corrected chi connectivity index (χ1v) is 7.58. The number of hydrogen-bond acceptors (Lipinski definition) is 4. The van der Waals surface area contributed by atoms with Crippen molar-refractivity contribution in [2.45, 2.75) is 13.3 Å². The summed E-state index contributed by atoms with van der Waals surface area (Å²) in [6.07, 6.45) is 1.99. The first-order chi connectivity index (χ1) is 11.6. The van der Waals surface area contributed by atoms with Gasteiger partial charge in [-0.2, -0.15) is 5.26 Å². The van der Waals surface area contributed by atoms with Gasteiger partial charge in [0, 0.05) is 12.7 Å². The topological polar surface area (TPSA) is 85.2 Å². The Morgan fingerprint density at radius 2 is 2.00 bits per heavy atom. The molecule has 0 bridgehead atoms. The van der Waals surface area contributed by atoms with Crippen LogP contribution >= 0.6 is 0 Å². The van der Waals surface area contributed by atoms with E-state index in [-0.39, 0.29) is 11.3 Å². The normalized spacial score (nSPS) is 10.8. The summed E-state index contributed by atoms with van der Waals surface area (Å²) in [4.78, 5) is 12.0. The number of carbonyl (C=O) groups is 1. The molecule has 0 aliphatic carbocycles. The number of nitrogens with one attached hydrogen (secondary N) is 2. The number of aryl methyl sites for hydroxylation is 1. The molecule has 2 aromatic rings. The van der Waals surface area contributed by atoms with Crippen molar-refractivity contribution < 1.29 is 9.90 Å². The van der Waals surface area contributed by atoms with E-state index in [2.05, 4.69) is 10.6 Å². The van der Waals surface area contributed by atoms with Crippen molar-refractivity contribution in [3.8, 4) is 11.8 Å². The number of phenolic OH excluding ortho intramolecular Hbond substituents is 1. The highest BCUT2D eigenvalue weighted by atomic mass is 16.3. The molecule has 3 N–H and O–H groups in total. The van der Waals surface area contributed by atoms with Gasteiger partial charge in [-0.3, -0.25) is 4.79 Å². The lowest BCUT2D eigenvalue weighted by atomic mass is 10.1. The molecular weight excluding hydrogens is 302 g/mol. The molecule has 0 aromatic heterocycles. The summed E-state index contributed by atoms with van der Waals surface area (Å²) in [7, 11) is 0. The Balaban J connectivity index is 1.92. The molecule has 24 heavy (non-hydrogen) atoms. The Morgan fingerprint density at radius 1 is 1.25 bits per heavy atom. The van der Waals surface area contributed by atoms with Crippen molar-refractivity contribution in [2.24, 2.45) is 0 Å². The van der Waals surface area contributed by atoms with Crippen LogP contribution in [0.2, 0.25) is 0 Å². The third-order valence-electron chi connectivity index (χ3n) is 3.43. The van der Waals surface area contributed by atoms with E-state index in [1.165, 1.54) is 6.20 Å². The monoisotopic (exact) mass is 321 g/mol. The zero-order chi connectivity index (χ0) is 17.4. The number of benzene rings is 2. The van der Waals surface area contributed by atoms with Crippen LogP contribution in [0.4, 0.5) is 5.69 Å². The van der Waals surface area contributed by atoms with Gasteiger partial charge in [0.2, 0.25) is 0 Å². The molecule has 0 unspecified atom stereocenters. The van der Waals surface area contributed by atoms with Crippen molar-refractivity contribution in [1.82, 2.24) is 5.32 Å². The largest absolute Gasteiger partial charge is 0.506 e. The van der Waals surface area contributed by atoms with Gasteiger partial charge in [0.05, 0.1) is 5.69 Å². The molecule has 5 nitrogen and oxygen atoms in total. The van der Waals surface area contributed by atoms with Gasteiger partial charge in [-0.15, -0.1) is 0 Å². The smallest absolute Gasteiger partial charge is 0.263 e. The second-order valence-electron chi connectivity index (χ2n) is 5.33. The second kappa shape index (κ2) is 8.39. The van der Waals surface area contributed by atoms with Crippen LogP contribution < -0.4 is 10.6 Å². The van der Waals surface area contributed by atoms with Gasteiger partial charge in [-0.1, -0.05) is 36.4 Å². The van der Waals surface area contributed by atoms with Crippen LogP contribution in [0.3, 0.4) is 0 Å². The summed E-state index contributed by atoms with van der Waals surface area (Å²) < 4.78 is 0. The van der Waals surface area contributed by atoms with Crippen LogP contribution in [0.25, 0.3) is 0 Å². The molecule has 0 radical (unpaired) electrons. The van der Waals surface area contributed by atoms with Crippen molar-refractivity contribution >= 4 is 11.6 Å². The number of nitrogens with zero attached hydrogens (tertiary/aromatic N) is 1. The van der Waals surface area contributed by atoms with Gasteiger partial charge in [0.15, 0.2) is 0 Å². The predicted molar refractivity (Wildman–Crippen MR) is 93.3 cm³/mol. The number of phenols is 1. The summed E-state index contributed by atoms with van der Waals surface area (Å²) in [5, 5.41) is 24.4. The third kappa shape index (κ3) is 4.89. The van der Waals surface area contributed by atoms with Crippen LogP contribution in [-0.4, -0.2) is 17.6 Å². The summed E-state index contributed by atoms with van der Waals surface area (Å²) in [6.45, 7) is 2.30. The molecule has 0 saturated heterocycles. The lowest BCUT2D eigenvalue weighted by Gasteiger charge is -2.07. The maximum atomic E-state index is 12.0. The fourth-order valence-corrected chi connectivity index (χ4v) is 2.12. The predicted octanol–water partition coefficient (Wildman–Crippen LogP) is 2.88. The zero-order valence-electron chi connectivity index (χ0n) is 13.4. The Labute approximate surface area is 141 Å². The van der Waals surface area contributed by atoms with E-state index in [1.54, 1.807) is 12.1 Å². The highest BCUT2D eigenvalue weighted by Crippen LogP contribution is 2.23. The SMILES string of the molecule is Cc1ccc(N/C=C(/C#N)C(=O)NCCc2ccccc2)c(O)c1. The van der Waals surface area contributed by atoms with Crippen molar-refractivity contribution in [1.29, 1.82) is 5.26 Å². The standard InChI is InChI=1S/C19H19N3O2/c1-14-7-8-17(18(23)11-14)22-13-16(12-20)19(24)21-10-9-15-5-3-2-4-6-15/h2-8,11,13,22-23H,9-10H2,1H3,(H,21,24)/b16-13-. The highest BCUT2D eigenvalue weighted by Gasteiger charge is 2.08. The lowest BCUT2D eigenvalue weighted by Crippen LogP contribution is -2.27. The molecule has 0 fully saturated rings. The second-order valence-corrected chi connectivity index (χ2v) is 5.33. The number of aromatic hydroxyl groups is 1. The molecule has 122 valence electrons. The van der Waals surface area contributed by atoms with Crippen LogP contribution in [0.15, 0.2) is 60.3 Å². The van der Waals surface area contributed by atoms with E-state index in [9.17, 15) is 9.90 Å². The maximum absolute atomic E-state index is 12.0. The number of carbonyl (C=O) groups excluding carboxylic acids is 1. The average Bonchev–Trinajstić information content (AvgIpc) is 2.58. The van der Waals surface area contributed by atoms with E-state index >= 15 is 0 Å². The van der Waals surface area contributed by atoms with Crippen LogP contribution in [0, 0.1) is 18.3 Å². The van der Waals surface area contributed by atoms with Crippen LogP contribution in [0.5, 0.6) is 5.75 Å². The van der Waals surface area contributed by atoms with Gasteiger partial charge in [-0.25, -0.2) is 0 Å². The summed E-state index contributed by atoms with van der Waals surface area (Å²) in [5.41, 5.74) is 2.41. The van der Waals surface area contributed by atoms with Gasteiger partial charge < -0.3 is 15.7 Å². The van der Waals surface area contributed by atoms with E-state index in [0.717, 1.165) is 11.1 Å². The fourth-order valence-electron chi connectivity index (χ4n) is 2.12. The first-order valence-electron chi connectivity index (χ1n) is 7.58. The van der Waals surface area contributed by atoms with Crippen LogP contribution in [0.1, 0.15) is 11.1 Å².